The topological polar surface area (TPSA) is 175 Å². The highest BCUT2D eigenvalue weighted by Crippen LogP contribution is 2.45. The van der Waals surface area contributed by atoms with E-state index in [4.69, 9.17) is 18.7 Å². The van der Waals surface area contributed by atoms with Crippen LogP contribution < -0.4 is 16.3 Å². The van der Waals surface area contributed by atoms with Crippen LogP contribution >= 0.6 is 7.75 Å². The van der Waals surface area contributed by atoms with Crippen molar-refractivity contribution in [3.05, 3.63) is 33.1 Å². The Morgan fingerprint density at radius 1 is 1.39 bits per heavy atom. The number of nitrogens with one attached hydrogen (secondary N) is 2. The Hall–Kier alpha value is -2.38. The molecule has 1 aromatic rings. The maximum absolute atomic E-state index is 15.7. The van der Waals surface area contributed by atoms with Crippen molar-refractivity contribution in [2.45, 2.75) is 64.3 Å². The maximum Gasteiger partial charge on any atom is 0.403 e. The Bertz CT molecular complexity index is 1020. The Labute approximate surface area is 187 Å². The van der Waals surface area contributed by atoms with Crippen molar-refractivity contribution < 1.29 is 42.2 Å². The lowest BCUT2D eigenvalue weighted by molar-refractivity contribution is -0.157. The van der Waals surface area contributed by atoms with Crippen LogP contribution in [0.4, 0.5) is 4.39 Å². The number of aromatic nitrogens is 2. The van der Waals surface area contributed by atoms with Crippen LogP contribution in [0.25, 0.3) is 0 Å². The summed E-state index contributed by atoms with van der Waals surface area (Å²) in [7, 11) is -4.57. The molecule has 1 aromatic heterocycles. The van der Waals surface area contributed by atoms with Gasteiger partial charge in [0.2, 0.25) is 0 Å². The number of carbonyl (C=O) groups excluding carboxylic acids is 2. The molecule has 13 nitrogen and oxygen atoms in total. The standard InChI is InChI=1S/C18H27FN3O10P/c1-5-13(24)32-15-11(9-29-33(27,28)20-8-14(25)30-10(2)3)31-16(18(15,4)19)22-7-6-12(23)21-17(22)26/h6-7,10-11,15-16H,5,8-9H2,1-4H3,(H2,20,27,28)(H,21,23,26)/t11-,15?,16-,18-/m1/s1. The molecule has 33 heavy (non-hydrogen) atoms. The van der Waals surface area contributed by atoms with Gasteiger partial charge in [0, 0.05) is 18.7 Å². The van der Waals surface area contributed by atoms with Gasteiger partial charge in [0.1, 0.15) is 12.6 Å². The molecule has 0 bridgehead atoms. The number of ether oxygens (including phenoxy) is 3. The lowest BCUT2D eigenvalue weighted by Gasteiger charge is -2.27. The van der Waals surface area contributed by atoms with Gasteiger partial charge in [-0.2, -0.15) is 0 Å². The molecule has 0 aliphatic carbocycles. The molecule has 0 aromatic carbocycles. The molecule has 0 spiro atoms. The van der Waals surface area contributed by atoms with E-state index < -0.39 is 74.3 Å². The number of rotatable bonds is 10. The molecule has 1 aliphatic rings. The summed E-state index contributed by atoms with van der Waals surface area (Å²) in [5.41, 5.74) is -4.18. The van der Waals surface area contributed by atoms with E-state index in [-0.39, 0.29) is 6.42 Å². The van der Waals surface area contributed by atoms with Crippen LogP contribution in [0.15, 0.2) is 21.9 Å². The number of aromatic amines is 1. The average molecular weight is 495 g/mol. The molecule has 1 fully saturated rings. The second-order valence-electron chi connectivity index (χ2n) is 7.65. The zero-order valence-corrected chi connectivity index (χ0v) is 19.4. The third-order valence-corrected chi connectivity index (χ3v) is 5.59. The zero-order valence-electron chi connectivity index (χ0n) is 18.5. The van der Waals surface area contributed by atoms with Gasteiger partial charge in [-0.1, -0.05) is 6.92 Å². The second-order valence-corrected chi connectivity index (χ2v) is 9.26. The smallest absolute Gasteiger partial charge is 0.403 e. The van der Waals surface area contributed by atoms with E-state index in [1.54, 1.807) is 13.8 Å². The summed E-state index contributed by atoms with van der Waals surface area (Å²) in [5.74, 6) is -1.59. The Morgan fingerprint density at radius 3 is 2.64 bits per heavy atom. The quantitative estimate of drug-likeness (QED) is 0.297. The van der Waals surface area contributed by atoms with Gasteiger partial charge in [-0.3, -0.25) is 28.5 Å². The van der Waals surface area contributed by atoms with Crippen LogP contribution in [0.3, 0.4) is 0 Å². The van der Waals surface area contributed by atoms with Gasteiger partial charge >= 0.3 is 25.4 Å². The number of esters is 2. The molecule has 0 radical (unpaired) electrons. The Balaban J connectivity index is 2.19. The monoisotopic (exact) mass is 495 g/mol. The van der Waals surface area contributed by atoms with Gasteiger partial charge in [-0.25, -0.2) is 18.8 Å². The normalized spacial score (nSPS) is 26.7. The fourth-order valence-corrected chi connectivity index (χ4v) is 3.82. The van der Waals surface area contributed by atoms with Crippen molar-refractivity contribution in [1.29, 1.82) is 0 Å². The van der Waals surface area contributed by atoms with E-state index in [1.807, 2.05) is 10.1 Å². The fourth-order valence-electron chi connectivity index (χ4n) is 3.06. The molecule has 15 heteroatoms. The highest BCUT2D eigenvalue weighted by atomic mass is 31.2. The van der Waals surface area contributed by atoms with E-state index in [0.717, 1.165) is 23.8 Å². The van der Waals surface area contributed by atoms with Crippen molar-refractivity contribution in [2.75, 3.05) is 13.2 Å². The molecule has 2 heterocycles. The van der Waals surface area contributed by atoms with E-state index >= 15 is 4.39 Å². The summed E-state index contributed by atoms with van der Waals surface area (Å²) in [6.07, 6.45) is -4.22. The molecule has 3 N–H and O–H groups in total. The maximum atomic E-state index is 15.7. The fraction of sp³-hybridized carbons (Fsp3) is 0.667. The minimum atomic E-state index is -4.57. The number of H-pyrrole nitrogens is 1. The van der Waals surface area contributed by atoms with E-state index in [0.29, 0.717) is 0 Å². The predicted molar refractivity (Wildman–Crippen MR) is 110 cm³/mol. The van der Waals surface area contributed by atoms with Crippen LogP contribution in [0.1, 0.15) is 40.3 Å². The first-order chi connectivity index (χ1) is 15.3. The van der Waals surface area contributed by atoms with Gasteiger partial charge in [-0.15, -0.1) is 0 Å². The summed E-state index contributed by atoms with van der Waals surface area (Å²) in [5, 5.41) is 2.00. The first-order valence-corrected chi connectivity index (χ1v) is 11.6. The number of halogens is 1. The summed E-state index contributed by atoms with van der Waals surface area (Å²) < 4.78 is 49.1. The van der Waals surface area contributed by atoms with Crippen molar-refractivity contribution in [1.82, 2.24) is 14.6 Å². The van der Waals surface area contributed by atoms with Crippen LogP contribution in [0.2, 0.25) is 0 Å². The van der Waals surface area contributed by atoms with Crippen LogP contribution in [-0.4, -0.2) is 63.5 Å². The molecule has 2 unspecified atom stereocenters. The minimum Gasteiger partial charge on any atom is -0.462 e. The van der Waals surface area contributed by atoms with Crippen LogP contribution in [0, 0.1) is 0 Å². The van der Waals surface area contributed by atoms with Gasteiger partial charge in [0.05, 0.1) is 12.7 Å². The van der Waals surface area contributed by atoms with Gasteiger partial charge < -0.3 is 19.1 Å². The Morgan fingerprint density at radius 2 is 2.06 bits per heavy atom. The molecule has 1 saturated heterocycles. The van der Waals surface area contributed by atoms with Gasteiger partial charge in [0.25, 0.3) is 5.56 Å². The molecule has 186 valence electrons. The van der Waals surface area contributed by atoms with Crippen molar-refractivity contribution in [3.63, 3.8) is 0 Å². The van der Waals surface area contributed by atoms with Crippen molar-refractivity contribution in [3.8, 4) is 0 Å². The summed E-state index contributed by atoms with van der Waals surface area (Å²) >= 11 is 0. The number of hydrogen-bond acceptors (Lipinski definition) is 9. The van der Waals surface area contributed by atoms with E-state index in [9.17, 15) is 28.6 Å². The zero-order chi connectivity index (χ0) is 25.0. The number of hydrogen-bond donors (Lipinski definition) is 3. The van der Waals surface area contributed by atoms with Gasteiger partial charge in [-0.05, 0) is 20.8 Å². The third-order valence-electron chi connectivity index (χ3n) is 4.54. The summed E-state index contributed by atoms with van der Waals surface area (Å²) in [6, 6.07) is 0.972. The molecular weight excluding hydrogens is 468 g/mol. The largest absolute Gasteiger partial charge is 0.462 e. The predicted octanol–water partition coefficient (Wildman–Crippen LogP) is 0.142. The summed E-state index contributed by atoms with van der Waals surface area (Å²) in [4.78, 5) is 58.7. The molecule has 0 amide bonds. The number of alkyl halides is 1. The van der Waals surface area contributed by atoms with E-state index in [2.05, 4.69) is 0 Å². The number of carbonyl (C=O) groups is 2. The van der Waals surface area contributed by atoms with Gasteiger partial charge in [0.15, 0.2) is 18.0 Å². The lowest BCUT2D eigenvalue weighted by atomic mass is 9.98. The average Bonchev–Trinajstić information content (AvgIpc) is 2.94. The highest BCUT2D eigenvalue weighted by Gasteiger charge is 2.58. The minimum absolute atomic E-state index is 0.0958. The highest BCUT2D eigenvalue weighted by molar-refractivity contribution is 7.50. The lowest BCUT2D eigenvalue weighted by Crippen LogP contribution is -2.46. The van der Waals surface area contributed by atoms with Crippen LogP contribution in [-0.2, 0) is 32.9 Å². The second kappa shape index (κ2) is 10.7. The van der Waals surface area contributed by atoms with Crippen LogP contribution in [0.5, 0.6) is 0 Å². The number of nitrogens with zero attached hydrogens (tertiary/aromatic N) is 1. The molecular formula is C18H27FN3O10P. The van der Waals surface area contributed by atoms with E-state index in [1.165, 1.54) is 6.92 Å². The van der Waals surface area contributed by atoms with Crippen molar-refractivity contribution >= 4 is 19.7 Å². The molecule has 2 rings (SSSR count). The molecule has 0 saturated carbocycles. The summed E-state index contributed by atoms with van der Waals surface area (Å²) in [6.45, 7) is 4.31. The third kappa shape index (κ3) is 7.05. The molecule has 1 aliphatic heterocycles. The Kier molecular flexibility index (Phi) is 8.71. The first-order valence-electron chi connectivity index (χ1n) is 10.0. The molecule has 5 atom stereocenters. The first kappa shape index (κ1) is 26.9. The van der Waals surface area contributed by atoms with Crippen molar-refractivity contribution in [2.24, 2.45) is 0 Å². The SMILES string of the molecule is CCC(=O)OC1[C@@H](COP(=O)(O)NCC(=O)OC(C)C)O[C@@H](n2ccc(=O)[nH]c2=O)[C@]1(C)F.